The molecule has 19 heavy (non-hydrogen) atoms. The first-order valence-electron chi connectivity index (χ1n) is 5.86. The van der Waals surface area contributed by atoms with E-state index in [0.29, 0.717) is 28.5 Å². The minimum Gasteiger partial charge on any atom is -0.469 e. The largest absolute Gasteiger partial charge is 0.469 e. The molecule has 0 aliphatic heterocycles. The molecule has 0 saturated heterocycles. The lowest BCUT2D eigenvalue weighted by atomic mass is 10.2. The third kappa shape index (κ3) is 2.10. The second-order valence-corrected chi connectivity index (χ2v) is 4.26. The summed E-state index contributed by atoms with van der Waals surface area (Å²) in [5.41, 5.74) is 2.62. The molecule has 1 N–H and O–H groups in total. The predicted molar refractivity (Wildman–Crippen MR) is 70.1 cm³/mol. The maximum absolute atomic E-state index is 12.0. The van der Waals surface area contributed by atoms with Crippen LogP contribution in [-0.2, 0) is 0 Å². The summed E-state index contributed by atoms with van der Waals surface area (Å²) in [7, 11) is 0. The van der Waals surface area contributed by atoms with Crippen molar-refractivity contribution in [1.82, 2.24) is 4.98 Å². The first-order valence-corrected chi connectivity index (χ1v) is 5.86. The Labute approximate surface area is 109 Å². The zero-order valence-corrected chi connectivity index (χ0v) is 10.6. The number of anilines is 1. The lowest BCUT2D eigenvalue weighted by Crippen LogP contribution is -2.11. The number of hydrogen-bond acceptors (Lipinski definition) is 4. The SMILES string of the molecule is Cc1nc2cc(NC(=O)c3ccoc3C)ccc2o1. The van der Waals surface area contributed by atoms with Gasteiger partial charge in [0.15, 0.2) is 11.5 Å². The lowest BCUT2D eigenvalue weighted by molar-refractivity contribution is 0.102. The molecule has 3 aromatic rings. The number of fused-ring (bicyclic) bond motifs is 1. The van der Waals surface area contributed by atoms with Crippen LogP contribution in [0.1, 0.15) is 22.0 Å². The van der Waals surface area contributed by atoms with E-state index in [4.69, 9.17) is 8.83 Å². The maximum Gasteiger partial charge on any atom is 0.259 e. The van der Waals surface area contributed by atoms with Crippen LogP contribution in [0.5, 0.6) is 0 Å². The second kappa shape index (κ2) is 4.28. The monoisotopic (exact) mass is 256 g/mol. The normalized spacial score (nSPS) is 10.8. The van der Waals surface area contributed by atoms with Crippen LogP contribution in [0.2, 0.25) is 0 Å². The molecule has 2 aromatic heterocycles. The maximum atomic E-state index is 12.0. The Morgan fingerprint density at radius 2 is 2.11 bits per heavy atom. The molecule has 1 aromatic carbocycles. The van der Waals surface area contributed by atoms with E-state index in [1.807, 2.05) is 0 Å². The van der Waals surface area contributed by atoms with Gasteiger partial charge in [0.05, 0.1) is 11.8 Å². The number of oxazole rings is 1. The van der Waals surface area contributed by atoms with Gasteiger partial charge in [0.2, 0.25) is 0 Å². The fourth-order valence-electron chi connectivity index (χ4n) is 1.94. The van der Waals surface area contributed by atoms with Crippen molar-refractivity contribution in [3.05, 3.63) is 47.7 Å². The molecule has 0 radical (unpaired) electrons. The van der Waals surface area contributed by atoms with Gasteiger partial charge in [-0.15, -0.1) is 0 Å². The van der Waals surface area contributed by atoms with Crippen LogP contribution in [-0.4, -0.2) is 10.9 Å². The highest BCUT2D eigenvalue weighted by Crippen LogP contribution is 2.20. The highest BCUT2D eigenvalue weighted by molar-refractivity contribution is 6.05. The Morgan fingerprint density at radius 1 is 1.26 bits per heavy atom. The van der Waals surface area contributed by atoms with E-state index in [0.717, 1.165) is 5.52 Å². The van der Waals surface area contributed by atoms with Crippen LogP contribution in [0.3, 0.4) is 0 Å². The minimum absolute atomic E-state index is 0.203. The van der Waals surface area contributed by atoms with Crippen LogP contribution in [0.15, 0.2) is 39.4 Å². The van der Waals surface area contributed by atoms with Gasteiger partial charge in [0, 0.05) is 12.6 Å². The van der Waals surface area contributed by atoms with E-state index < -0.39 is 0 Å². The lowest BCUT2D eigenvalue weighted by Gasteiger charge is -2.03. The summed E-state index contributed by atoms with van der Waals surface area (Å²) in [5, 5.41) is 2.81. The Hall–Kier alpha value is -2.56. The average Bonchev–Trinajstić information content (AvgIpc) is 2.93. The van der Waals surface area contributed by atoms with Gasteiger partial charge in [0.1, 0.15) is 11.3 Å². The van der Waals surface area contributed by atoms with Gasteiger partial charge >= 0.3 is 0 Å². The molecule has 5 heteroatoms. The van der Waals surface area contributed by atoms with Crippen LogP contribution >= 0.6 is 0 Å². The molecule has 5 nitrogen and oxygen atoms in total. The molecule has 0 aliphatic carbocycles. The van der Waals surface area contributed by atoms with Crippen molar-refractivity contribution in [2.24, 2.45) is 0 Å². The number of rotatable bonds is 2. The number of carbonyl (C=O) groups excluding carboxylic acids is 1. The van der Waals surface area contributed by atoms with E-state index in [-0.39, 0.29) is 5.91 Å². The standard InChI is InChI=1S/C14H12N2O3/c1-8-11(5-6-18-8)14(17)16-10-3-4-13-12(7-10)15-9(2)19-13/h3-7H,1-2H3,(H,16,17). The van der Waals surface area contributed by atoms with Crippen molar-refractivity contribution in [3.8, 4) is 0 Å². The number of carbonyl (C=O) groups is 1. The van der Waals surface area contributed by atoms with Gasteiger partial charge in [-0.05, 0) is 31.2 Å². The average molecular weight is 256 g/mol. The molecule has 2 heterocycles. The van der Waals surface area contributed by atoms with Crippen LogP contribution < -0.4 is 5.32 Å². The van der Waals surface area contributed by atoms with E-state index in [1.165, 1.54) is 6.26 Å². The summed E-state index contributed by atoms with van der Waals surface area (Å²) in [6, 6.07) is 6.98. The number of nitrogens with zero attached hydrogens (tertiary/aromatic N) is 1. The highest BCUT2D eigenvalue weighted by Gasteiger charge is 2.12. The van der Waals surface area contributed by atoms with E-state index in [9.17, 15) is 4.79 Å². The zero-order chi connectivity index (χ0) is 13.4. The Kier molecular flexibility index (Phi) is 2.59. The molecular weight excluding hydrogens is 244 g/mol. The summed E-state index contributed by atoms with van der Waals surface area (Å²) in [6.07, 6.45) is 1.49. The molecule has 3 rings (SSSR count). The van der Waals surface area contributed by atoms with Crippen LogP contribution in [0, 0.1) is 13.8 Å². The molecule has 0 saturated carbocycles. The smallest absolute Gasteiger partial charge is 0.259 e. The quantitative estimate of drug-likeness (QED) is 0.763. The number of hydrogen-bond donors (Lipinski definition) is 1. The van der Waals surface area contributed by atoms with Crippen molar-refractivity contribution < 1.29 is 13.6 Å². The summed E-state index contributed by atoms with van der Waals surface area (Å²) >= 11 is 0. The van der Waals surface area contributed by atoms with Crippen molar-refractivity contribution >= 4 is 22.7 Å². The van der Waals surface area contributed by atoms with Gasteiger partial charge in [-0.3, -0.25) is 4.79 Å². The highest BCUT2D eigenvalue weighted by atomic mass is 16.3. The topological polar surface area (TPSA) is 68.3 Å². The van der Waals surface area contributed by atoms with E-state index in [2.05, 4.69) is 10.3 Å². The van der Waals surface area contributed by atoms with E-state index in [1.54, 1.807) is 38.1 Å². The molecule has 96 valence electrons. The molecule has 0 bridgehead atoms. The number of amides is 1. The number of aromatic nitrogens is 1. The van der Waals surface area contributed by atoms with Gasteiger partial charge in [-0.2, -0.15) is 0 Å². The van der Waals surface area contributed by atoms with Gasteiger partial charge in [0.25, 0.3) is 5.91 Å². The summed E-state index contributed by atoms with van der Waals surface area (Å²) in [5.74, 6) is 0.992. The third-order valence-electron chi connectivity index (χ3n) is 2.86. The summed E-state index contributed by atoms with van der Waals surface area (Å²) in [4.78, 5) is 16.2. The summed E-state index contributed by atoms with van der Waals surface area (Å²) in [6.45, 7) is 3.53. The Morgan fingerprint density at radius 3 is 2.84 bits per heavy atom. The first kappa shape index (κ1) is 11.5. The molecule has 0 aliphatic rings. The number of benzene rings is 1. The van der Waals surface area contributed by atoms with E-state index >= 15 is 0 Å². The zero-order valence-electron chi connectivity index (χ0n) is 10.6. The predicted octanol–water partition coefficient (Wildman–Crippen LogP) is 3.29. The number of nitrogens with one attached hydrogen (secondary N) is 1. The second-order valence-electron chi connectivity index (χ2n) is 4.26. The van der Waals surface area contributed by atoms with Crippen LogP contribution in [0.4, 0.5) is 5.69 Å². The summed E-state index contributed by atoms with van der Waals surface area (Å²) < 4.78 is 10.5. The van der Waals surface area contributed by atoms with Gasteiger partial charge in [-0.1, -0.05) is 0 Å². The molecule has 0 unspecified atom stereocenters. The first-order chi connectivity index (χ1) is 9.13. The molecular formula is C14H12N2O3. The van der Waals surface area contributed by atoms with Gasteiger partial charge < -0.3 is 14.2 Å². The van der Waals surface area contributed by atoms with Crippen molar-refractivity contribution in [2.75, 3.05) is 5.32 Å². The van der Waals surface area contributed by atoms with Crippen LogP contribution in [0.25, 0.3) is 11.1 Å². The Balaban J connectivity index is 1.89. The molecule has 0 fully saturated rings. The van der Waals surface area contributed by atoms with Crippen molar-refractivity contribution in [2.45, 2.75) is 13.8 Å². The fourth-order valence-corrected chi connectivity index (χ4v) is 1.94. The van der Waals surface area contributed by atoms with Gasteiger partial charge in [-0.25, -0.2) is 4.98 Å². The minimum atomic E-state index is -0.203. The molecule has 0 spiro atoms. The van der Waals surface area contributed by atoms with Crippen molar-refractivity contribution in [1.29, 1.82) is 0 Å². The Bertz CT molecular complexity index is 755. The number of furan rings is 1. The molecule has 0 atom stereocenters. The fraction of sp³-hybridized carbons (Fsp3) is 0.143. The van der Waals surface area contributed by atoms with Crippen molar-refractivity contribution in [3.63, 3.8) is 0 Å². The third-order valence-corrected chi connectivity index (χ3v) is 2.86. The number of aryl methyl sites for hydroxylation is 2. The molecule has 1 amide bonds.